The van der Waals surface area contributed by atoms with Crippen molar-refractivity contribution in [1.82, 2.24) is 0 Å². The van der Waals surface area contributed by atoms with E-state index < -0.39 is 0 Å². The summed E-state index contributed by atoms with van der Waals surface area (Å²) in [5.41, 5.74) is 0.304. The van der Waals surface area contributed by atoms with Crippen LogP contribution in [0.4, 0.5) is 5.69 Å². The SMILES string of the molecule is O=C1[C@H]2[C@@H]3C[C@H]([C@@H](Br)[C@H]3Br)[C@@H]2C(=O)N1c1ccccc1O. The van der Waals surface area contributed by atoms with Gasteiger partial charge in [-0.25, -0.2) is 4.90 Å². The zero-order valence-corrected chi connectivity index (χ0v) is 14.1. The quantitative estimate of drug-likeness (QED) is 0.567. The van der Waals surface area contributed by atoms with Gasteiger partial charge in [-0.1, -0.05) is 44.0 Å². The van der Waals surface area contributed by atoms with Crippen molar-refractivity contribution in [3.8, 4) is 5.75 Å². The molecule has 0 aromatic heterocycles. The summed E-state index contributed by atoms with van der Waals surface area (Å²) in [5, 5.41) is 9.96. The van der Waals surface area contributed by atoms with Crippen molar-refractivity contribution < 1.29 is 14.7 Å². The van der Waals surface area contributed by atoms with Crippen LogP contribution in [0, 0.1) is 23.7 Å². The molecule has 4 rings (SSSR count). The topological polar surface area (TPSA) is 57.6 Å². The number of amides is 2. The number of nitrogens with zero attached hydrogens (tertiary/aromatic N) is 1. The summed E-state index contributed by atoms with van der Waals surface area (Å²) >= 11 is 7.31. The van der Waals surface area contributed by atoms with Crippen molar-refractivity contribution in [2.75, 3.05) is 4.90 Å². The van der Waals surface area contributed by atoms with Crippen molar-refractivity contribution in [1.29, 1.82) is 0 Å². The van der Waals surface area contributed by atoms with E-state index in [0.717, 1.165) is 6.42 Å². The standard InChI is InChI=1S/C15H13Br2NO3/c16-12-6-5-7(13(12)17)11-10(6)14(20)18(15(11)21)8-3-1-2-4-9(8)19/h1-4,6-7,10-13,19H,5H2/t6-,7-,10-,11-,12-,13+/m0/s1. The van der Waals surface area contributed by atoms with Crippen LogP contribution in [0.3, 0.4) is 0 Å². The molecule has 21 heavy (non-hydrogen) atoms. The van der Waals surface area contributed by atoms with Crippen LogP contribution in [0.5, 0.6) is 5.75 Å². The van der Waals surface area contributed by atoms with Crippen LogP contribution in [0.15, 0.2) is 24.3 Å². The molecule has 110 valence electrons. The Morgan fingerprint density at radius 1 is 1.00 bits per heavy atom. The number of anilines is 1. The number of imide groups is 1. The maximum atomic E-state index is 12.7. The van der Waals surface area contributed by atoms with Crippen LogP contribution >= 0.6 is 31.9 Å². The second-order valence-electron chi connectivity index (χ2n) is 6.00. The molecule has 2 bridgehead atoms. The highest BCUT2D eigenvalue weighted by atomic mass is 79.9. The predicted octanol–water partition coefficient (Wildman–Crippen LogP) is 2.67. The van der Waals surface area contributed by atoms with E-state index in [0.29, 0.717) is 5.69 Å². The number of aromatic hydroxyl groups is 1. The molecule has 6 atom stereocenters. The summed E-state index contributed by atoms with van der Waals surface area (Å²) in [6.07, 6.45) is 0.910. The monoisotopic (exact) mass is 413 g/mol. The van der Waals surface area contributed by atoms with Gasteiger partial charge in [0, 0.05) is 9.65 Å². The van der Waals surface area contributed by atoms with Gasteiger partial charge in [0.25, 0.3) is 0 Å². The molecule has 1 N–H and O–H groups in total. The van der Waals surface area contributed by atoms with Crippen molar-refractivity contribution in [2.45, 2.75) is 16.1 Å². The third-order valence-corrected chi connectivity index (χ3v) is 8.32. The first-order valence-electron chi connectivity index (χ1n) is 6.96. The lowest BCUT2D eigenvalue weighted by Gasteiger charge is -2.28. The molecule has 2 saturated carbocycles. The number of phenols is 1. The van der Waals surface area contributed by atoms with E-state index in [1.165, 1.54) is 11.0 Å². The van der Waals surface area contributed by atoms with Gasteiger partial charge in [0.1, 0.15) is 5.75 Å². The average molecular weight is 415 g/mol. The van der Waals surface area contributed by atoms with E-state index >= 15 is 0 Å². The largest absolute Gasteiger partial charge is 0.506 e. The average Bonchev–Trinajstić information content (AvgIpc) is 3.06. The number of alkyl halides is 2. The Labute approximate surface area is 138 Å². The second kappa shape index (κ2) is 4.56. The molecule has 4 nitrogen and oxygen atoms in total. The van der Waals surface area contributed by atoms with Crippen molar-refractivity contribution in [3.63, 3.8) is 0 Å². The number of benzene rings is 1. The first kappa shape index (κ1) is 13.8. The highest BCUT2D eigenvalue weighted by Crippen LogP contribution is 2.60. The first-order valence-corrected chi connectivity index (χ1v) is 8.79. The summed E-state index contributed by atoms with van der Waals surface area (Å²) in [5.74, 6) is -0.475. The Hall–Kier alpha value is -0.880. The van der Waals surface area contributed by atoms with Gasteiger partial charge < -0.3 is 5.11 Å². The van der Waals surface area contributed by atoms with Crippen LogP contribution < -0.4 is 4.90 Å². The molecular weight excluding hydrogens is 402 g/mol. The van der Waals surface area contributed by atoms with Crippen LogP contribution in [-0.4, -0.2) is 26.6 Å². The van der Waals surface area contributed by atoms with Crippen LogP contribution in [-0.2, 0) is 9.59 Å². The van der Waals surface area contributed by atoms with E-state index in [1.807, 2.05) is 0 Å². The van der Waals surface area contributed by atoms with Crippen molar-refractivity contribution >= 4 is 49.4 Å². The highest BCUT2D eigenvalue weighted by Gasteiger charge is 2.66. The molecule has 1 aromatic carbocycles. The maximum Gasteiger partial charge on any atom is 0.238 e. The van der Waals surface area contributed by atoms with Crippen LogP contribution in [0.2, 0.25) is 0 Å². The minimum atomic E-state index is -0.250. The van der Waals surface area contributed by atoms with Gasteiger partial charge in [0.05, 0.1) is 17.5 Å². The van der Waals surface area contributed by atoms with Crippen molar-refractivity contribution in [2.24, 2.45) is 23.7 Å². The Morgan fingerprint density at radius 2 is 1.52 bits per heavy atom. The summed E-state index contributed by atoms with van der Waals surface area (Å²) < 4.78 is 0. The number of hydrogen-bond donors (Lipinski definition) is 1. The van der Waals surface area contributed by atoms with Gasteiger partial charge >= 0.3 is 0 Å². The summed E-state index contributed by atoms with van der Waals surface area (Å²) in [7, 11) is 0. The fraction of sp³-hybridized carbons (Fsp3) is 0.467. The number of fused-ring (bicyclic) bond motifs is 5. The summed E-state index contributed by atoms with van der Waals surface area (Å²) in [6.45, 7) is 0. The smallest absolute Gasteiger partial charge is 0.238 e. The Kier molecular flexibility index (Phi) is 2.99. The molecule has 3 fully saturated rings. The van der Waals surface area contributed by atoms with E-state index in [4.69, 9.17) is 0 Å². The third kappa shape index (κ3) is 1.66. The molecule has 1 heterocycles. The van der Waals surface area contributed by atoms with Gasteiger partial charge in [-0.2, -0.15) is 0 Å². The number of para-hydroxylation sites is 2. The molecule has 6 heteroatoms. The Morgan fingerprint density at radius 3 is 2.05 bits per heavy atom. The number of halogens is 2. The number of carbonyl (C=O) groups is 2. The van der Waals surface area contributed by atoms with Crippen LogP contribution in [0.25, 0.3) is 0 Å². The van der Waals surface area contributed by atoms with E-state index in [-0.39, 0.29) is 50.9 Å². The molecule has 2 aliphatic carbocycles. The minimum Gasteiger partial charge on any atom is -0.506 e. The lowest BCUT2D eigenvalue weighted by Crippen LogP contribution is -2.37. The van der Waals surface area contributed by atoms with Gasteiger partial charge in [0.2, 0.25) is 11.8 Å². The lowest BCUT2D eigenvalue weighted by molar-refractivity contribution is -0.123. The Bertz CT molecular complexity index is 618. The van der Waals surface area contributed by atoms with Gasteiger partial charge in [-0.15, -0.1) is 0 Å². The number of phenolic OH excluding ortho intramolecular Hbond substituents is 1. The summed E-state index contributed by atoms with van der Waals surface area (Å²) in [6, 6.07) is 6.51. The van der Waals surface area contributed by atoms with E-state index in [9.17, 15) is 14.7 Å². The molecule has 1 aliphatic heterocycles. The van der Waals surface area contributed by atoms with Crippen molar-refractivity contribution in [3.05, 3.63) is 24.3 Å². The molecular formula is C15H13Br2NO3. The molecule has 0 spiro atoms. The lowest BCUT2D eigenvalue weighted by atomic mass is 9.81. The fourth-order valence-electron chi connectivity index (χ4n) is 4.24. The zero-order chi connectivity index (χ0) is 14.9. The molecule has 2 amide bonds. The Balaban J connectivity index is 1.77. The van der Waals surface area contributed by atoms with Crippen LogP contribution in [0.1, 0.15) is 6.42 Å². The fourth-order valence-corrected chi connectivity index (χ4v) is 6.11. The second-order valence-corrected chi connectivity index (χ2v) is 8.12. The maximum absolute atomic E-state index is 12.7. The minimum absolute atomic E-state index is 0.0303. The number of hydrogen-bond acceptors (Lipinski definition) is 3. The molecule has 0 radical (unpaired) electrons. The molecule has 1 saturated heterocycles. The summed E-state index contributed by atoms with van der Waals surface area (Å²) in [4.78, 5) is 27.1. The highest BCUT2D eigenvalue weighted by molar-refractivity contribution is 9.12. The van der Waals surface area contributed by atoms with E-state index in [2.05, 4.69) is 31.9 Å². The zero-order valence-electron chi connectivity index (χ0n) is 10.9. The molecule has 1 aromatic rings. The normalized spacial score (nSPS) is 41.0. The third-order valence-electron chi connectivity index (χ3n) is 5.11. The van der Waals surface area contributed by atoms with Gasteiger partial charge in [-0.3, -0.25) is 9.59 Å². The number of rotatable bonds is 1. The molecule has 0 unspecified atom stereocenters. The van der Waals surface area contributed by atoms with E-state index in [1.54, 1.807) is 18.2 Å². The first-order chi connectivity index (χ1) is 10.0. The van der Waals surface area contributed by atoms with Gasteiger partial charge in [-0.05, 0) is 30.4 Å². The number of carbonyl (C=O) groups excluding carboxylic acids is 2. The predicted molar refractivity (Wildman–Crippen MR) is 84.6 cm³/mol. The molecule has 3 aliphatic rings. The van der Waals surface area contributed by atoms with Gasteiger partial charge in [0.15, 0.2) is 0 Å².